The summed E-state index contributed by atoms with van der Waals surface area (Å²) in [5.74, 6) is 0.812. The van der Waals surface area contributed by atoms with Gasteiger partial charge in [0.25, 0.3) is 0 Å². The first-order valence-electron chi connectivity index (χ1n) is 7.52. The summed E-state index contributed by atoms with van der Waals surface area (Å²) in [5.41, 5.74) is 2.00. The normalized spacial score (nSPS) is 16.5. The molecule has 0 spiro atoms. The van der Waals surface area contributed by atoms with Crippen molar-refractivity contribution in [2.75, 3.05) is 6.61 Å². The van der Waals surface area contributed by atoms with E-state index in [0.29, 0.717) is 16.7 Å². The number of carbonyl (C=O) groups excluding carboxylic acids is 1. The van der Waals surface area contributed by atoms with E-state index in [1.807, 2.05) is 31.2 Å². The molecule has 1 heterocycles. The van der Waals surface area contributed by atoms with E-state index in [1.165, 1.54) is 11.9 Å². The first-order valence-corrected chi connectivity index (χ1v) is 7.89. The molecule has 1 unspecified atom stereocenters. The van der Waals surface area contributed by atoms with E-state index >= 15 is 0 Å². The molecule has 1 aliphatic heterocycles. The Labute approximate surface area is 145 Å². The maximum absolute atomic E-state index is 11.8. The van der Waals surface area contributed by atoms with Gasteiger partial charge in [0.1, 0.15) is 5.75 Å². The van der Waals surface area contributed by atoms with Crippen LogP contribution in [0, 0.1) is 6.92 Å². The Morgan fingerprint density at radius 3 is 2.50 bits per heavy atom. The Bertz CT molecular complexity index is 757. The van der Waals surface area contributed by atoms with Crippen LogP contribution in [-0.2, 0) is 9.53 Å². The third kappa shape index (κ3) is 3.68. The minimum atomic E-state index is -0.563. The van der Waals surface area contributed by atoms with Gasteiger partial charge >= 0.3 is 0 Å². The van der Waals surface area contributed by atoms with Crippen molar-refractivity contribution in [3.8, 4) is 5.75 Å². The zero-order valence-electron chi connectivity index (χ0n) is 13.4. The highest BCUT2D eigenvalue weighted by atomic mass is 35.5. The molecule has 1 amide bonds. The number of ether oxygens (including phenoxy) is 2. The Kier molecular flexibility index (Phi) is 4.71. The Hall–Kier alpha value is -2.53. The van der Waals surface area contributed by atoms with Gasteiger partial charge in [-0.25, -0.2) is 0 Å². The van der Waals surface area contributed by atoms with Crippen LogP contribution < -0.4 is 4.74 Å². The van der Waals surface area contributed by atoms with Gasteiger partial charge in [0.15, 0.2) is 6.61 Å². The average molecular weight is 345 g/mol. The summed E-state index contributed by atoms with van der Waals surface area (Å²) in [6, 6.07) is 14.8. The van der Waals surface area contributed by atoms with Gasteiger partial charge in [-0.1, -0.05) is 41.4 Å². The largest absolute Gasteiger partial charge is 0.484 e. The molecule has 24 heavy (non-hydrogen) atoms. The summed E-state index contributed by atoms with van der Waals surface area (Å²) >= 11 is 5.84. The number of hydrogen-bond acceptors (Lipinski definition) is 4. The molecule has 0 N–H and O–H groups in total. The molecular formula is C18H17ClN2O3. The van der Waals surface area contributed by atoms with E-state index < -0.39 is 6.23 Å². The lowest BCUT2D eigenvalue weighted by molar-refractivity contribution is -0.135. The number of carbonyl (C=O) groups is 1. The second-order valence-corrected chi connectivity index (χ2v) is 5.92. The van der Waals surface area contributed by atoms with Crippen molar-refractivity contribution in [3.05, 3.63) is 64.7 Å². The molecule has 0 aliphatic carbocycles. The number of aryl methyl sites for hydroxylation is 1. The molecule has 5 nitrogen and oxygen atoms in total. The van der Waals surface area contributed by atoms with Crippen LogP contribution in [0.1, 0.15) is 24.3 Å². The monoisotopic (exact) mass is 344 g/mol. The summed E-state index contributed by atoms with van der Waals surface area (Å²) in [6.07, 6.45) is -0.563. The topological polar surface area (TPSA) is 51.1 Å². The molecule has 0 saturated carbocycles. The Morgan fingerprint density at radius 2 is 1.88 bits per heavy atom. The van der Waals surface area contributed by atoms with Crippen molar-refractivity contribution < 1.29 is 14.3 Å². The summed E-state index contributed by atoms with van der Waals surface area (Å²) in [4.78, 5) is 11.8. The predicted octanol–water partition coefficient (Wildman–Crippen LogP) is 3.92. The van der Waals surface area contributed by atoms with Gasteiger partial charge in [-0.15, -0.1) is 5.10 Å². The summed E-state index contributed by atoms with van der Waals surface area (Å²) < 4.78 is 11.4. The lowest BCUT2D eigenvalue weighted by atomic mass is 10.1. The van der Waals surface area contributed by atoms with Gasteiger partial charge < -0.3 is 9.47 Å². The Morgan fingerprint density at radius 1 is 1.21 bits per heavy atom. The van der Waals surface area contributed by atoms with Crippen LogP contribution in [0.3, 0.4) is 0 Å². The fourth-order valence-corrected chi connectivity index (χ4v) is 2.42. The molecular weight excluding hydrogens is 328 g/mol. The number of amides is 1. The van der Waals surface area contributed by atoms with E-state index in [2.05, 4.69) is 5.10 Å². The quantitative estimate of drug-likeness (QED) is 0.844. The lowest BCUT2D eigenvalue weighted by Crippen LogP contribution is -2.25. The maximum atomic E-state index is 11.8. The molecule has 2 aromatic rings. The molecule has 124 valence electrons. The second-order valence-electron chi connectivity index (χ2n) is 5.48. The SMILES string of the molecule is CC(=O)N1N=C(COc2ccc(Cl)cc2)OC1c1ccc(C)cc1. The zero-order chi connectivity index (χ0) is 17.1. The van der Waals surface area contributed by atoms with Crippen molar-refractivity contribution in [3.63, 3.8) is 0 Å². The van der Waals surface area contributed by atoms with Crippen LogP contribution in [-0.4, -0.2) is 23.4 Å². The maximum Gasteiger partial charge on any atom is 0.247 e. The van der Waals surface area contributed by atoms with E-state index in [9.17, 15) is 4.79 Å². The molecule has 1 aliphatic rings. The third-order valence-corrected chi connectivity index (χ3v) is 3.80. The highest BCUT2D eigenvalue weighted by Gasteiger charge is 2.32. The number of hydrazone groups is 1. The van der Waals surface area contributed by atoms with Gasteiger partial charge in [0.2, 0.25) is 18.0 Å². The summed E-state index contributed by atoms with van der Waals surface area (Å²) in [5, 5.41) is 6.19. The predicted molar refractivity (Wildman–Crippen MR) is 91.9 cm³/mol. The molecule has 2 aromatic carbocycles. The molecule has 0 fully saturated rings. The standard InChI is InChI=1S/C18H17ClN2O3/c1-12-3-5-14(6-4-12)18-21(13(2)22)20-17(24-18)11-23-16-9-7-15(19)8-10-16/h3-10,18H,11H2,1-2H3. The van der Waals surface area contributed by atoms with E-state index in [-0.39, 0.29) is 12.5 Å². The van der Waals surface area contributed by atoms with Crippen molar-refractivity contribution in [2.45, 2.75) is 20.1 Å². The fourth-order valence-electron chi connectivity index (χ4n) is 2.29. The highest BCUT2D eigenvalue weighted by molar-refractivity contribution is 6.30. The molecule has 3 rings (SSSR count). The summed E-state index contributed by atoms with van der Waals surface area (Å²) in [6.45, 7) is 3.59. The molecule has 0 bridgehead atoms. The van der Waals surface area contributed by atoms with E-state index in [0.717, 1.165) is 11.1 Å². The van der Waals surface area contributed by atoms with E-state index in [4.69, 9.17) is 21.1 Å². The average Bonchev–Trinajstić information content (AvgIpc) is 3.00. The van der Waals surface area contributed by atoms with Crippen LogP contribution in [0.25, 0.3) is 0 Å². The molecule has 0 saturated heterocycles. The highest BCUT2D eigenvalue weighted by Crippen LogP contribution is 2.28. The molecule has 0 aromatic heterocycles. The Balaban J connectivity index is 1.70. The van der Waals surface area contributed by atoms with Gasteiger partial charge in [-0.3, -0.25) is 4.79 Å². The fraction of sp³-hybridized carbons (Fsp3) is 0.222. The number of nitrogens with zero attached hydrogens (tertiary/aromatic N) is 2. The van der Waals surface area contributed by atoms with Crippen LogP contribution in [0.15, 0.2) is 53.6 Å². The van der Waals surface area contributed by atoms with Crippen molar-refractivity contribution in [1.82, 2.24) is 5.01 Å². The van der Waals surface area contributed by atoms with Gasteiger partial charge in [-0.05, 0) is 31.2 Å². The number of hydrogen-bond donors (Lipinski definition) is 0. The van der Waals surface area contributed by atoms with Crippen LogP contribution in [0.2, 0.25) is 5.02 Å². The van der Waals surface area contributed by atoms with Crippen molar-refractivity contribution >= 4 is 23.4 Å². The first kappa shape index (κ1) is 16.3. The van der Waals surface area contributed by atoms with E-state index in [1.54, 1.807) is 24.3 Å². The van der Waals surface area contributed by atoms with Crippen molar-refractivity contribution in [1.29, 1.82) is 0 Å². The first-order chi connectivity index (χ1) is 11.5. The molecule has 6 heteroatoms. The van der Waals surface area contributed by atoms with Crippen LogP contribution in [0.5, 0.6) is 5.75 Å². The second kappa shape index (κ2) is 6.93. The zero-order valence-corrected chi connectivity index (χ0v) is 14.2. The van der Waals surface area contributed by atoms with Crippen molar-refractivity contribution in [2.24, 2.45) is 5.10 Å². The van der Waals surface area contributed by atoms with Gasteiger partial charge in [0, 0.05) is 17.5 Å². The van der Waals surface area contributed by atoms with Crippen LogP contribution >= 0.6 is 11.6 Å². The number of halogens is 1. The minimum absolute atomic E-state index is 0.133. The summed E-state index contributed by atoms with van der Waals surface area (Å²) in [7, 11) is 0. The molecule has 0 radical (unpaired) electrons. The number of rotatable bonds is 4. The lowest BCUT2D eigenvalue weighted by Gasteiger charge is -2.19. The van der Waals surface area contributed by atoms with Crippen LogP contribution in [0.4, 0.5) is 0 Å². The number of benzene rings is 2. The van der Waals surface area contributed by atoms with Gasteiger partial charge in [-0.2, -0.15) is 5.01 Å². The smallest absolute Gasteiger partial charge is 0.247 e. The minimum Gasteiger partial charge on any atom is -0.484 e. The third-order valence-electron chi connectivity index (χ3n) is 3.55. The molecule has 1 atom stereocenters. The van der Waals surface area contributed by atoms with Gasteiger partial charge in [0.05, 0.1) is 0 Å².